The zero-order chi connectivity index (χ0) is 11.2. The van der Waals surface area contributed by atoms with Gasteiger partial charge in [0, 0.05) is 18.1 Å². The molecule has 0 unspecified atom stereocenters. The first kappa shape index (κ1) is 9.95. The van der Waals surface area contributed by atoms with Gasteiger partial charge in [0.1, 0.15) is 17.6 Å². The van der Waals surface area contributed by atoms with Crippen LogP contribution in [0.5, 0.6) is 11.5 Å². The van der Waals surface area contributed by atoms with E-state index >= 15 is 0 Å². The normalized spacial score (nSPS) is 25.1. The van der Waals surface area contributed by atoms with Crippen LogP contribution in [0.3, 0.4) is 0 Å². The number of carbonyl (C=O) groups is 1. The molecule has 0 fully saturated rings. The number of ketones is 1. The van der Waals surface area contributed by atoms with Gasteiger partial charge in [0.25, 0.3) is 0 Å². The summed E-state index contributed by atoms with van der Waals surface area (Å²) in [5.41, 5.74) is 0.0434. The van der Waals surface area contributed by atoms with Crippen LogP contribution in [-0.2, 0) is 0 Å². The van der Waals surface area contributed by atoms with E-state index in [0.29, 0.717) is 0 Å². The molecule has 0 saturated heterocycles. The second-order valence-electron chi connectivity index (χ2n) is 3.57. The molecule has 0 amide bonds. The average molecular weight is 210 g/mol. The fraction of sp³-hybridized carbons (Fsp3) is 0.300. The second kappa shape index (κ2) is 3.22. The molecule has 5 heteroatoms. The van der Waals surface area contributed by atoms with Crippen LogP contribution in [0.15, 0.2) is 12.1 Å². The Bertz CT molecular complexity index is 426. The van der Waals surface area contributed by atoms with Crippen molar-refractivity contribution in [2.45, 2.75) is 18.6 Å². The summed E-state index contributed by atoms with van der Waals surface area (Å²) in [5, 5.41) is 37.5. The lowest BCUT2D eigenvalue weighted by Gasteiger charge is -2.25. The molecule has 2 atom stereocenters. The van der Waals surface area contributed by atoms with Crippen molar-refractivity contribution in [2.24, 2.45) is 0 Å². The number of phenols is 2. The standard InChI is InChI=1S/C10H10O5/c11-4-1-5-9(6(12)2-4)7(13)3-8(14)10(5)15/h1-2,8,10-12,14-15H,3H2/t8-,10+/m1/s1. The monoisotopic (exact) mass is 210 g/mol. The SMILES string of the molecule is O=C1C[C@@H](O)[C@@H](O)c2cc(O)cc(O)c21. The molecule has 1 aliphatic rings. The quantitative estimate of drug-likeness (QED) is 0.486. The molecular formula is C10H10O5. The fourth-order valence-electron chi connectivity index (χ4n) is 1.78. The number of benzene rings is 1. The molecule has 0 heterocycles. The Morgan fingerprint density at radius 3 is 2.53 bits per heavy atom. The first-order valence-corrected chi connectivity index (χ1v) is 4.46. The smallest absolute Gasteiger partial charge is 0.169 e. The van der Waals surface area contributed by atoms with E-state index in [4.69, 9.17) is 0 Å². The van der Waals surface area contributed by atoms with Crippen LogP contribution in [0.1, 0.15) is 28.4 Å². The van der Waals surface area contributed by atoms with Crippen LogP contribution in [0, 0.1) is 0 Å². The first-order chi connectivity index (χ1) is 7.00. The lowest BCUT2D eigenvalue weighted by molar-refractivity contribution is 0.00834. The largest absolute Gasteiger partial charge is 0.508 e. The predicted octanol–water partition coefficient (Wildman–Crippen LogP) is 0.0785. The summed E-state index contributed by atoms with van der Waals surface area (Å²) < 4.78 is 0. The van der Waals surface area contributed by atoms with Gasteiger partial charge in [-0.15, -0.1) is 0 Å². The molecule has 0 saturated carbocycles. The van der Waals surface area contributed by atoms with Gasteiger partial charge in [0.05, 0.1) is 11.7 Å². The number of fused-ring (bicyclic) bond motifs is 1. The van der Waals surface area contributed by atoms with Crippen molar-refractivity contribution in [3.05, 3.63) is 23.3 Å². The van der Waals surface area contributed by atoms with Gasteiger partial charge in [0.15, 0.2) is 5.78 Å². The average Bonchev–Trinajstić information content (AvgIpc) is 2.12. The van der Waals surface area contributed by atoms with Crippen LogP contribution in [0.4, 0.5) is 0 Å². The maximum Gasteiger partial charge on any atom is 0.169 e. The van der Waals surface area contributed by atoms with Gasteiger partial charge in [-0.3, -0.25) is 4.79 Å². The van der Waals surface area contributed by atoms with E-state index in [-0.39, 0.29) is 29.0 Å². The van der Waals surface area contributed by atoms with Crippen molar-refractivity contribution < 1.29 is 25.2 Å². The molecular weight excluding hydrogens is 200 g/mol. The molecule has 0 radical (unpaired) electrons. The molecule has 1 aromatic rings. The Hall–Kier alpha value is -1.59. The molecule has 80 valence electrons. The number of hydrogen-bond acceptors (Lipinski definition) is 5. The van der Waals surface area contributed by atoms with E-state index in [1.807, 2.05) is 0 Å². The number of phenolic OH excluding ortho intramolecular Hbond substituents is 2. The third-order valence-corrected chi connectivity index (χ3v) is 2.49. The second-order valence-corrected chi connectivity index (χ2v) is 3.57. The molecule has 0 aliphatic heterocycles. The van der Waals surface area contributed by atoms with Crippen LogP contribution in [0.25, 0.3) is 0 Å². The van der Waals surface area contributed by atoms with Gasteiger partial charge < -0.3 is 20.4 Å². The highest BCUT2D eigenvalue weighted by Gasteiger charge is 2.33. The highest BCUT2D eigenvalue weighted by molar-refractivity contribution is 6.01. The summed E-state index contributed by atoms with van der Waals surface area (Å²) in [6, 6.07) is 2.20. The van der Waals surface area contributed by atoms with Gasteiger partial charge in [-0.2, -0.15) is 0 Å². The summed E-state index contributed by atoms with van der Waals surface area (Å²) in [6.07, 6.45) is -2.67. The van der Waals surface area contributed by atoms with Crippen LogP contribution in [0.2, 0.25) is 0 Å². The molecule has 0 spiro atoms. The number of aliphatic hydroxyl groups excluding tert-OH is 2. The molecule has 5 nitrogen and oxygen atoms in total. The molecule has 0 bridgehead atoms. The number of aromatic hydroxyl groups is 2. The van der Waals surface area contributed by atoms with E-state index in [9.17, 15) is 25.2 Å². The van der Waals surface area contributed by atoms with E-state index in [1.54, 1.807) is 0 Å². The Balaban J connectivity index is 2.65. The minimum atomic E-state index is -1.25. The third kappa shape index (κ3) is 1.45. The number of rotatable bonds is 0. The Labute approximate surface area is 85.2 Å². The Kier molecular flexibility index (Phi) is 2.13. The summed E-state index contributed by atoms with van der Waals surface area (Å²) in [4.78, 5) is 11.5. The number of hydrogen-bond donors (Lipinski definition) is 4. The number of aliphatic hydroxyl groups is 2. The van der Waals surface area contributed by atoms with Crippen LogP contribution < -0.4 is 0 Å². The molecule has 0 aromatic heterocycles. The Morgan fingerprint density at radius 1 is 1.20 bits per heavy atom. The maximum absolute atomic E-state index is 11.5. The molecule has 1 aromatic carbocycles. The molecule has 15 heavy (non-hydrogen) atoms. The van der Waals surface area contributed by atoms with Crippen LogP contribution in [-0.4, -0.2) is 32.3 Å². The van der Waals surface area contributed by atoms with Crippen molar-refractivity contribution in [1.29, 1.82) is 0 Å². The minimum Gasteiger partial charge on any atom is -0.508 e. The van der Waals surface area contributed by atoms with E-state index in [0.717, 1.165) is 6.07 Å². The van der Waals surface area contributed by atoms with Gasteiger partial charge >= 0.3 is 0 Å². The summed E-state index contributed by atoms with van der Waals surface area (Å²) >= 11 is 0. The lowest BCUT2D eigenvalue weighted by Crippen LogP contribution is -2.29. The van der Waals surface area contributed by atoms with E-state index in [2.05, 4.69) is 0 Å². The minimum absolute atomic E-state index is 0.0226. The number of carbonyl (C=O) groups excluding carboxylic acids is 1. The highest BCUT2D eigenvalue weighted by Crippen LogP contribution is 2.37. The van der Waals surface area contributed by atoms with Crippen molar-refractivity contribution >= 4 is 5.78 Å². The van der Waals surface area contributed by atoms with Crippen molar-refractivity contribution in [1.82, 2.24) is 0 Å². The summed E-state index contributed by atoms with van der Waals surface area (Å²) in [6.45, 7) is 0. The van der Waals surface area contributed by atoms with Crippen molar-refractivity contribution in [3.8, 4) is 11.5 Å². The van der Waals surface area contributed by atoms with Crippen molar-refractivity contribution in [3.63, 3.8) is 0 Å². The Morgan fingerprint density at radius 2 is 1.87 bits per heavy atom. The zero-order valence-corrected chi connectivity index (χ0v) is 7.71. The summed E-state index contributed by atoms with van der Waals surface area (Å²) in [5.74, 6) is -1.08. The maximum atomic E-state index is 11.5. The fourth-order valence-corrected chi connectivity index (χ4v) is 1.78. The molecule has 1 aliphatic carbocycles. The predicted molar refractivity (Wildman–Crippen MR) is 49.7 cm³/mol. The van der Waals surface area contributed by atoms with Gasteiger partial charge in [0.2, 0.25) is 0 Å². The summed E-state index contributed by atoms with van der Waals surface area (Å²) in [7, 11) is 0. The van der Waals surface area contributed by atoms with E-state index in [1.165, 1.54) is 6.07 Å². The number of Topliss-reactive ketones (excluding diaryl/α,β-unsaturated/α-hetero) is 1. The van der Waals surface area contributed by atoms with Gasteiger partial charge in [-0.1, -0.05) is 0 Å². The zero-order valence-electron chi connectivity index (χ0n) is 7.71. The topological polar surface area (TPSA) is 98.0 Å². The molecule has 4 N–H and O–H groups in total. The molecule has 2 rings (SSSR count). The van der Waals surface area contributed by atoms with Gasteiger partial charge in [-0.25, -0.2) is 0 Å². The third-order valence-electron chi connectivity index (χ3n) is 2.49. The highest BCUT2D eigenvalue weighted by atomic mass is 16.3. The van der Waals surface area contributed by atoms with Crippen LogP contribution >= 0.6 is 0 Å². The van der Waals surface area contributed by atoms with E-state index < -0.39 is 18.0 Å². The lowest BCUT2D eigenvalue weighted by atomic mass is 9.86. The first-order valence-electron chi connectivity index (χ1n) is 4.46. The van der Waals surface area contributed by atoms with Crippen molar-refractivity contribution in [2.75, 3.05) is 0 Å². The van der Waals surface area contributed by atoms with Gasteiger partial charge in [-0.05, 0) is 6.07 Å².